The van der Waals surface area contributed by atoms with Gasteiger partial charge in [-0.15, -0.1) is 0 Å². The lowest BCUT2D eigenvalue weighted by Crippen LogP contribution is -2.50. The van der Waals surface area contributed by atoms with E-state index in [0.717, 1.165) is 52.0 Å². The number of urea groups is 2. The van der Waals surface area contributed by atoms with E-state index < -0.39 is 0 Å². The summed E-state index contributed by atoms with van der Waals surface area (Å²) >= 11 is 0. The van der Waals surface area contributed by atoms with Gasteiger partial charge in [0.05, 0.1) is 0 Å². The summed E-state index contributed by atoms with van der Waals surface area (Å²) in [6, 6.07) is 8.77. The molecule has 0 aromatic heterocycles. The molecular weight excluding hydrogens is 352 g/mol. The van der Waals surface area contributed by atoms with Crippen molar-refractivity contribution in [2.45, 2.75) is 52.6 Å². The molecule has 0 radical (unpaired) electrons. The number of nitrogens with zero attached hydrogens (tertiary/aromatic N) is 3. The fourth-order valence-corrected chi connectivity index (χ4v) is 4.08. The van der Waals surface area contributed by atoms with Gasteiger partial charge in [0.15, 0.2) is 0 Å². The Hall–Kier alpha value is -2.24. The minimum Gasteiger partial charge on any atom is -0.338 e. The first-order chi connectivity index (χ1) is 13.4. The first kappa shape index (κ1) is 20.5. The summed E-state index contributed by atoms with van der Waals surface area (Å²) in [6.07, 6.45) is 2.73. The molecule has 28 heavy (non-hydrogen) atoms. The summed E-state index contributed by atoms with van der Waals surface area (Å²) in [7, 11) is 0. The van der Waals surface area contributed by atoms with Crippen LogP contribution in [-0.4, -0.2) is 65.5 Å². The summed E-state index contributed by atoms with van der Waals surface area (Å²) < 4.78 is 0. The zero-order chi connectivity index (χ0) is 20.1. The molecule has 2 heterocycles. The largest absolute Gasteiger partial charge is 0.338 e. The van der Waals surface area contributed by atoms with Crippen molar-refractivity contribution in [3.8, 4) is 0 Å². The van der Waals surface area contributed by atoms with Crippen LogP contribution in [0.2, 0.25) is 0 Å². The molecule has 3 rings (SSSR count). The maximum absolute atomic E-state index is 12.9. The average Bonchev–Trinajstić information content (AvgIpc) is 3.02. The molecule has 6 heteroatoms. The Morgan fingerprint density at radius 2 is 1.93 bits per heavy atom. The van der Waals surface area contributed by atoms with Gasteiger partial charge in [-0.25, -0.2) is 9.59 Å². The topological polar surface area (TPSA) is 55.9 Å². The van der Waals surface area contributed by atoms with Crippen molar-refractivity contribution in [1.29, 1.82) is 0 Å². The quantitative estimate of drug-likeness (QED) is 0.814. The number of amides is 4. The van der Waals surface area contributed by atoms with Crippen LogP contribution < -0.4 is 5.32 Å². The van der Waals surface area contributed by atoms with Crippen molar-refractivity contribution in [3.63, 3.8) is 0 Å². The van der Waals surface area contributed by atoms with Crippen LogP contribution in [0.25, 0.3) is 0 Å². The lowest BCUT2D eigenvalue weighted by Gasteiger charge is -2.36. The Morgan fingerprint density at radius 3 is 2.61 bits per heavy atom. The molecule has 0 unspecified atom stereocenters. The second kappa shape index (κ2) is 9.30. The smallest absolute Gasteiger partial charge is 0.320 e. The first-order valence-corrected chi connectivity index (χ1v) is 10.6. The lowest BCUT2D eigenvalue weighted by molar-refractivity contribution is 0.134. The number of rotatable bonds is 6. The predicted molar refractivity (Wildman–Crippen MR) is 111 cm³/mol. The number of piperidine rings is 1. The Bertz CT molecular complexity index is 683. The third-order valence-electron chi connectivity index (χ3n) is 5.77. The SMILES string of the molecule is Cc1cccc(CN2CCN(C3CCN(C(=O)NCCC(C)C)CC3)C2=O)c1. The molecule has 0 atom stereocenters. The van der Waals surface area contributed by atoms with Crippen molar-refractivity contribution in [2.24, 2.45) is 5.92 Å². The minimum absolute atomic E-state index is 0.0351. The highest BCUT2D eigenvalue weighted by Gasteiger charge is 2.35. The summed E-state index contributed by atoms with van der Waals surface area (Å²) in [4.78, 5) is 31.0. The van der Waals surface area contributed by atoms with E-state index in [2.05, 4.69) is 44.3 Å². The van der Waals surface area contributed by atoms with Gasteiger partial charge in [-0.3, -0.25) is 0 Å². The number of carbonyl (C=O) groups is 2. The Balaban J connectivity index is 1.46. The molecule has 154 valence electrons. The number of nitrogens with one attached hydrogen (secondary N) is 1. The predicted octanol–water partition coefficient (Wildman–Crippen LogP) is 3.45. The molecule has 0 spiro atoms. The van der Waals surface area contributed by atoms with Crippen molar-refractivity contribution >= 4 is 12.1 Å². The second-order valence-corrected chi connectivity index (χ2v) is 8.52. The minimum atomic E-state index is 0.0351. The van der Waals surface area contributed by atoms with Crippen LogP contribution >= 0.6 is 0 Å². The van der Waals surface area contributed by atoms with Crippen LogP contribution in [0.3, 0.4) is 0 Å². The normalized spacial score (nSPS) is 18.3. The monoisotopic (exact) mass is 386 g/mol. The molecule has 2 aliphatic heterocycles. The van der Waals surface area contributed by atoms with E-state index >= 15 is 0 Å². The van der Waals surface area contributed by atoms with Crippen LogP contribution in [-0.2, 0) is 6.54 Å². The van der Waals surface area contributed by atoms with Crippen molar-refractivity contribution < 1.29 is 9.59 Å². The van der Waals surface area contributed by atoms with Gasteiger partial charge in [0.25, 0.3) is 0 Å². The summed E-state index contributed by atoms with van der Waals surface area (Å²) in [5, 5.41) is 3.01. The van der Waals surface area contributed by atoms with E-state index in [1.54, 1.807) is 0 Å². The number of hydrogen-bond donors (Lipinski definition) is 1. The number of hydrogen-bond acceptors (Lipinski definition) is 2. The maximum atomic E-state index is 12.9. The molecular formula is C22H34N4O2. The maximum Gasteiger partial charge on any atom is 0.320 e. The Morgan fingerprint density at radius 1 is 1.18 bits per heavy atom. The fourth-order valence-electron chi connectivity index (χ4n) is 4.08. The van der Waals surface area contributed by atoms with E-state index in [-0.39, 0.29) is 18.1 Å². The lowest BCUT2D eigenvalue weighted by atomic mass is 10.0. The molecule has 1 N–H and O–H groups in total. The molecule has 0 saturated carbocycles. The molecule has 2 aliphatic rings. The number of aryl methyl sites for hydroxylation is 1. The number of likely N-dealkylation sites (tertiary alicyclic amines) is 1. The van der Waals surface area contributed by atoms with Crippen LogP contribution in [0.4, 0.5) is 9.59 Å². The van der Waals surface area contributed by atoms with E-state index in [0.29, 0.717) is 12.5 Å². The summed E-state index contributed by atoms with van der Waals surface area (Å²) in [5.74, 6) is 0.593. The highest BCUT2D eigenvalue weighted by atomic mass is 16.2. The van der Waals surface area contributed by atoms with Gasteiger partial charge in [-0.05, 0) is 37.7 Å². The van der Waals surface area contributed by atoms with Crippen LogP contribution in [0, 0.1) is 12.8 Å². The van der Waals surface area contributed by atoms with Gasteiger partial charge in [0.1, 0.15) is 0 Å². The average molecular weight is 387 g/mol. The van der Waals surface area contributed by atoms with E-state index in [9.17, 15) is 9.59 Å². The second-order valence-electron chi connectivity index (χ2n) is 8.52. The molecule has 2 fully saturated rings. The highest BCUT2D eigenvalue weighted by molar-refractivity contribution is 5.77. The van der Waals surface area contributed by atoms with Gasteiger partial charge >= 0.3 is 12.1 Å². The van der Waals surface area contributed by atoms with E-state index in [1.807, 2.05) is 20.8 Å². The van der Waals surface area contributed by atoms with Gasteiger partial charge in [-0.2, -0.15) is 0 Å². The Labute approximate surface area is 168 Å². The van der Waals surface area contributed by atoms with Crippen molar-refractivity contribution in [1.82, 2.24) is 20.0 Å². The summed E-state index contributed by atoms with van der Waals surface area (Å²) in [5.41, 5.74) is 2.41. The fraction of sp³-hybridized carbons (Fsp3) is 0.636. The third-order valence-corrected chi connectivity index (χ3v) is 5.77. The molecule has 0 bridgehead atoms. The van der Waals surface area contributed by atoms with E-state index in [1.165, 1.54) is 11.1 Å². The van der Waals surface area contributed by atoms with Crippen LogP contribution in [0.15, 0.2) is 24.3 Å². The molecule has 0 aliphatic carbocycles. The van der Waals surface area contributed by atoms with Gasteiger partial charge in [0, 0.05) is 45.3 Å². The molecule has 6 nitrogen and oxygen atoms in total. The zero-order valence-corrected chi connectivity index (χ0v) is 17.5. The van der Waals surface area contributed by atoms with Crippen molar-refractivity contribution in [3.05, 3.63) is 35.4 Å². The molecule has 2 saturated heterocycles. The van der Waals surface area contributed by atoms with Crippen molar-refractivity contribution in [2.75, 3.05) is 32.7 Å². The third kappa shape index (κ3) is 5.18. The Kier molecular flexibility index (Phi) is 6.81. The van der Waals surface area contributed by atoms with Gasteiger partial charge in [-0.1, -0.05) is 43.7 Å². The highest BCUT2D eigenvalue weighted by Crippen LogP contribution is 2.23. The van der Waals surface area contributed by atoms with Gasteiger partial charge in [0.2, 0.25) is 0 Å². The van der Waals surface area contributed by atoms with Gasteiger partial charge < -0.3 is 20.0 Å². The zero-order valence-electron chi connectivity index (χ0n) is 17.5. The standard InChI is InChI=1S/C22H34N4O2/c1-17(2)7-10-23-21(27)24-11-8-20(9-12-24)26-14-13-25(22(26)28)16-19-6-4-5-18(3)15-19/h4-6,15,17,20H,7-14,16H2,1-3H3,(H,23,27). The number of benzene rings is 1. The summed E-state index contributed by atoms with van der Waals surface area (Å²) in [6.45, 7) is 10.8. The molecule has 1 aromatic rings. The number of carbonyl (C=O) groups excluding carboxylic acids is 2. The van der Waals surface area contributed by atoms with Crippen LogP contribution in [0.1, 0.15) is 44.2 Å². The van der Waals surface area contributed by atoms with E-state index in [4.69, 9.17) is 0 Å². The molecule has 4 amide bonds. The molecule has 1 aromatic carbocycles. The first-order valence-electron chi connectivity index (χ1n) is 10.6. The van der Waals surface area contributed by atoms with Crippen LogP contribution in [0.5, 0.6) is 0 Å².